The Balaban J connectivity index is 2.26. The van der Waals surface area contributed by atoms with E-state index in [4.69, 9.17) is 5.73 Å². The molecule has 2 heterocycles. The smallest absolute Gasteiger partial charge is 0.225 e. The molecule has 1 aromatic rings. The number of primary amides is 1. The van der Waals surface area contributed by atoms with Crippen LogP contribution in [0.5, 0.6) is 0 Å². The number of carbonyl (C=O) groups is 1. The summed E-state index contributed by atoms with van der Waals surface area (Å²) >= 11 is 0. The topological polar surface area (TPSA) is 73.8 Å². The highest BCUT2D eigenvalue weighted by Gasteiger charge is 2.16. The quantitative estimate of drug-likeness (QED) is 0.675. The van der Waals surface area contributed by atoms with Gasteiger partial charge in [0, 0.05) is 13.0 Å². The molecule has 0 spiro atoms. The largest absolute Gasteiger partial charge is 0.369 e. The Bertz CT molecular complexity index is 331. The van der Waals surface area contributed by atoms with Gasteiger partial charge in [0.1, 0.15) is 11.6 Å². The van der Waals surface area contributed by atoms with Gasteiger partial charge in [0.05, 0.1) is 6.42 Å². The van der Waals surface area contributed by atoms with E-state index in [2.05, 4.69) is 10.2 Å². The maximum Gasteiger partial charge on any atom is 0.225 e. The Morgan fingerprint density at radius 1 is 1.46 bits per heavy atom. The number of aryl methyl sites for hydroxylation is 1. The lowest BCUT2D eigenvalue weighted by atomic mass is 10.1. The lowest BCUT2D eigenvalue weighted by Gasteiger charge is -2.13. The van der Waals surface area contributed by atoms with Crippen LogP contribution in [0.1, 0.15) is 24.5 Å². The van der Waals surface area contributed by atoms with E-state index >= 15 is 0 Å². The molecule has 0 saturated carbocycles. The summed E-state index contributed by atoms with van der Waals surface area (Å²) in [4.78, 5) is 10.7. The molecule has 13 heavy (non-hydrogen) atoms. The monoisotopic (exact) mass is 180 g/mol. The van der Waals surface area contributed by atoms with E-state index in [1.54, 1.807) is 0 Å². The molecule has 2 N–H and O–H groups in total. The zero-order valence-corrected chi connectivity index (χ0v) is 7.36. The van der Waals surface area contributed by atoms with E-state index in [9.17, 15) is 4.79 Å². The highest BCUT2D eigenvalue weighted by atomic mass is 16.1. The third kappa shape index (κ3) is 1.54. The molecule has 1 aliphatic rings. The summed E-state index contributed by atoms with van der Waals surface area (Å²) in [6.45, 7) is 0.922. The Morgan fingerprint density at radius 2 is 2.31 bits per heavy atom. The van der Waals surface area contributed by atoms with Crippen molar-refractivity contribution in [1.82, 2.24) is 14.8 Å². The fourth-order valence-electron chi connectivity index (χ4n) is 1.66. The molecule has 0 aromatic carbocycles. The van der Waals surface area contributed by atoms with Crippen LogP contribution in [0, 0.1) is 0 Å². The zero-order valence-electron chi connectivity index (χ0n) is 7.36. The van der Waals surface area contributed by atoms with E-state index in [1.165, 1.54) is 0 Å². The third-order valence-electron chi connectivity index (χ3n) is 2.27. The van der Waals surface area contributed by atoms with Crippen molar-refractivity contribution < 1.29 is 4.79 Å². The Hall–Kier alpha value is -1.39. The van der Waals surface area contributed by atoms with E-state index < -0.39 is 0 Å². The van der Waals surface area contributed by atoms with E-state index in [1.807, 2.05) is 4.57 Å². The van der Waals surface area contributed by atoms with E-state index in [-0.39, 0.29) is 12.3 Å². The molecule has 2 rings (SSSR count). The standard InChI is InChI=1S/C8H12N4O/c9-6(13)5-8-11-10-7-3-1-2-4-12(7)8/h1-5H2,(H2,9,13). The Labute approximate surface area is 75.9 Å². The van der Waals surface area contributed by atoms with Crippen LogP contribution in [0.25, 0.3) is 0 Å². The molecule has 0 atom stereocenters. The minimum Gasteiger partial charge on any atom is -0.369 e. The van der Waals surface area contributed by atoms with Gasteiger partial charge in [0.25, 0.3) is 0 Å². The number of aromatic nitrogens is 3. The molecule has 1 amide bonds. The Morgan fingerprint density at radius 3 is 3.08 bits per heavy atom. The second-order valence-corrected chi connectivity index (χ2v) is 3.28. The molecule has 0 unspecified atom stereocenters. The summed E-state index contributed by atoms with van der Waals surface area (Å²) < 4.78 is 2.01. The summed E-state index contributed by atoms with van der Waals surface area (Å²) in [5, 5.41) is 7.97. The first-order valence-electron chi connectivity index (χ1n) is 4.46. The second-order valence-electron chi connectivity index (χ2n) is 3.28. The first kappa shape index (κ1) is 8.22. The number of nitrogens with zero attached hydrogens (tertiary/aromatic N) is 3. The predicted molar refractivity (Wildman–Crippen MR) is 45.9 cm³/mol. The van der Waals surface area contributed by atoms with Gasteiger partial charge >= 0.3 is 0 Å². The number of fused-ring (bicyclic) bond motifs is 1. The van der Waals surface area contributed by atoms with E-state index in [0.717, 1.165) is 31.6 Å². The average Bonchev–Trinajstić information content (AvgIpc) is 2.48. The number of amides is 1. The molecule has 1 aliphatic heterocycles. The van der Waals surface area contributed by atoms with Crippen LogP contribution < -0.4 is 5.73 Å². The fraction of sp³-hybridized carbons (Fsp3) is 0.625. The van der Waals surface area contributed by atoms with Crippen molar-refractivity contribution in [3.63, 3.8) is 0 Å². The number of nitrogens with two attached hydrogens (primary N) is 1. The van der Waals surface area contributed by atoms with Crippen molar-refractivity contribution in [2.45, 2.75) is 32.2 Å². The van der Waals surface area contributed by atoms with Gasteiger partial charge in [-0.25, -0.2) is 0 Å². The highest BCUT2D eigenvalue weighted by molar-refractivity contribution is 5.75. The van der Waals surface area contributed by atoms with Crippen molar-refractivity contribution in [3.8, 4) is 0 Å². The summed E-state index contributed by atoms with van der Waals surface area (Å²) in [6, 6.07) is 0. The third-order valence-corrected chi connectivity index (χ3v) is 2.27. The number of hydrogen-bond acceptors (Lipinski definition) is 3. The molecule has 1 aromatic heterocycles. The minimum atomic E-state index is -0.347. The summed E-state index contributed by atoms with van der Waals surface area (Å²) in [6.07, 6.45) is 3.46. The van der Waals surface area contributed by atoms with E-state index in [0.29, 0.717) is 5.82 Å². The lowest BCUT2D eigenvalue weighted by Crippen LogP contribution is -2.19. The molecule has 5 heteroatoms. The molecule has 0 bridgehead atoms. The van der Waals surface area contributed by atoms with Crippen molar-refractivity contribution >= 4 is 5.91 Å². The Kier molecular flexibility index (Phi) is 2.00. The van der Waals surface area contributed by atoms with Crippen LogP contribution in [0.2, 0.25) is 0 Å². The van der Waals surface area contributed by atoms with Gasteiger partial charge in [-0.2, -0.15) is 0 Å². The maximum absolute atomic E-state index is 10.7. The van der Waals surface area contributed by atoms with Gasteiger partial charge < -0.3 is 10.3 Å². The van der Waals surface area contributed by atoms with Gasteiger partial charge in [-0.15, -0.1) is 10.2 Å². The zero-order chi connectivity index (χ0) is 9.26. The van der Waals surface area contributed by atoms with Crippen molar-refractivity contribution in [2.75, 3.05) is 0 Å². The molecule has 70 valence electrons. The summed E-state index contributed by atoms with van der Waals surface area (Å²) in [5.74, 6) is 1.35. The van der Waals surface area contributed by atoms with Gasteiger partial charge in [0.2, 0.25) is 5.91 Å². The normalized spacial score (nSPS) is 15.4. The van der Waals surface area contributed by atoms with Gasteiger partial charge in [-0.05, 0) is 12.8 Å². The van der Waals surface area contributed by atoms with Crippen LogP contribution >= 0.6 is 0 Å². The SMILES string of the molecule is NC(=O)Cc1nnc2n1CCCC2. The molecule has 0 radical (unpaired) electrons. The van der Waals surface area contributed by atoms with Crippen molar-refractivity contribution in [2.24, 2.45) is 5.73 Å². The molecular weight excluding hydrogens is 168 g/mol. The van der Waals surface area contributed by atoms with Crippen LogP contribution in [0.4, 0.5) is 0 Å². The fourth-order valence-corrected chi connectivity index (χ4v) is 1.66. The molecule has 5 nitrogen and oxygen atoms in total. The van der Waals surface area contributed by atoms with Crippen molar-refractivity contribution in [3.05, 3.63) is 11.6 Å². The van der Waals surface area contributed by atoms with Crippen LogP contribution in [0.3, 0.4) is 0 Å². The second kappa shape index (κ2) is 3.16. The molecular formula is C8H12N4O. The maximum atomic E-state index is 10.7. The molecule has 0 saturated heterocycles. The van der Waals surface area contributed by atoms with Crippen LogP contribution in [0.15, 0.2) is 0 Å². The highest BCUT2D eigenvalue weighted by Crippen LogP contribution is 2.14. The van der Waals surface area contributed by atoms with Crippen LogP contribution in [-0.4, -0.2) is 20.7 Å². The van der Waals surface area contributed by atoms with Gasteiger partial charge in [0.15, 0.2) is 0 Å². The minimum absolute atomic E-state index is 0.201. The average molecular weight is 180 g/mol. The van der Waals surface area contributed by atoms with Gasteiger partial charge in [-0.1, -0.05) is 0 Å². The summed E-state index contributed by atoms with van der Waals surface area (Å²) in [7, 11) is 0. The molecule has 0 aliphatic carbocycles. The summed E-state index contributed by atoms with van der Waals surface area (Å²) in [5.41, 5.74) is 5.10. The number of hydrogen-bond donors (Lipinski definition) is 1. The number of rotatable bonds is 2. The lowest BCUT2D eigenvalue weighted by molar-refractivity contribution is -0.117. The predicted octanol–water partition coefficient (Wildman–Crippen LogP) is -0.358. The van der Waals surface area contributed by atoms with Crippen molar-refractivity contribution in [1.29, 1.82) is 0 Å². The first-order chi connectivity index (χ1) is 6.27. The first-order valence-corrected chi connectivity index (χ1v) is 4.46. The van der Waals surface area contributed by atoms with Crippen LogP contribution in [-0.2, 0) is 24.2 Å². The number of carbonyl (C=O) groups excluding carboxylic acids is 1. The van der Waals surface area contributed by atoms with Gasteiger partial charge in [-0.3, -0.25) is 4.79 Å². The molecule has 0 fully saturated rings.